The van der Waals surface area contributed by atoms with Crippen LogP contribution in [0.4, 0.5) is 10.5 Å². The van der Waals surface area contributed by atoms with E-state index in [1.165, 1.54) is 0 Å². The van der Waals surface area contributed by atoms with Crippen LogP contribution in [0.1, 0.15) is 44.6 Å². The number of ether oxygens (including phenoxy) is 2. The number of hydrogen-bond acceptors (Lipinski definition) is 4. The topological polar surface area (TPSA) is 67.9 Å². The highest BCUT2D eigenvalue weighted by Crippen LogP contribution is 2.20. The van der Waals surface area contributed by atoms with Gasteiger partial charge in [0.2, 0.25) is 0 Å². The van der Waals surface area contributed by atoms with Crippen LogP contribution in [-0.2, 0) is 16.1 Å². The summed E-state index contributed by atoms with van der Waals surface area (Å²) in [6.45, 7) is 3.32. The zero-order valence-electron chi connectivity index (χ0n) is 17.9. The molecule has 1 N–H and O–H groups in total. The van der Waals surface area contributed by atoms with Crippen molar-refractivity contribution in [1.29, 1.82) is 0 Å². The Labute approximate surface area is 179 Å². The molecule has 2 aromatic rings. The van der Waals surface area contributed by atoms with E-state index in [4.69, 9.17) is 9.47 Å². The van der Waals surface area contributed by atoms with Crippen molar-refractivity contribution >= 4 is 17.7 Å². The summed E-state index contributed by atoms with van der Waals surface area (Å²) in [4.78, 5) is 26.0. The normalized spacial score (nSPS) is 10.3. The highest BCUT2D eigenvalue weighted by atomic mass is 16.5. The third-order valence-corrected chi connectivity index (χ3v) is 4.73. The lowest BCUT2D eigenvalue weighted by Crippen LogP contribution is -2.40. The van der Waals surface area contributed by atoms with Crippen LogP contribution >= 0.6 is 0 Å². The maximum atomic E-state index is 12.9. The number of methoxy groups -OCH3 is 1. The Morgan fingerprint density at radius 1 is 0.933 bits per heavy atom. The monoisotopic (exact) mass is 412 g/mol. The molecule has 0 aliphatic carbocycles. The van der Waals surface area contributed by atoms with Gasteiger partial charge < -0.3 is 14.8 Å². The molecule has 0 saturated carbocycles. The fourth-order valence-electron chi connectivity index (χ4n) is 3.10. The number of urea groups is 1. The number of amides is 2. The molecule has 0 bridgehead atoms. The minimum atomic E-state index is -0.141. The van der Waals surface area contributed by atoms with Gasteiger partial charge in [-0.2, -0.15) is 0 Å². The maximum absolute atomic E-state index is 12.9. The molecule has 30 heavy (non-hydrogen) atoms. The van der Waals surface area contributed by atoms with E-state index in [9.17, 15) is 9.59 Å². The first kappa shape index (κ1) is 23.3. The summed E-state index contributed by atoms with van der Waals surface area (Å²) in [6.07, 6.45) is 3.99. The number of nitrogens with one attached hydrogen (secondary N) is 1. The van der Waals surface area contributed by atoms with E-state index >= 15 is 0 Å². The van der Waals surface area contributed by atoms with Crippen LogP contribution in [0.2, 0.25) is 0 Å². The van der Waals surface area contributed by atoms with Gasteiger partial charge in [0.05, 0.1) is 13.7 Å². The summed E-state index contributed by atoms with van der Waals surface area (Å²) in [7, 11) is 1.62. The van der Waals surface area contributed by atoms with Crippen molar-refractivity contribution in [2.24, 2.45) is 0 Å². The second kappa shape index (κ2) is 13.2. The van der Waals surface area contributed by atoms with Crippen molar-refractivity contribution < 1.29 is 19.1 Å². The number of hydrogen-bond donors (Lipinski definition) is 1. The molecule has 0 radical (unpaired) electrons. The van der Waals surface area contributed by atoms with Gasteiger partial charge in [0.15, 0.2) is 0 Å². The predicted molar refractivity (Wildman–Crippen MR) is 119 cm³/mol. The number of anilines is 1. The Morgan fingerprint density at radius 2 is 1.63 bits per heavy atom. The highest BCUT2D eigenvalue weighted by molar-refractivity contribution is 5.92. The molecule has 0 fully saturated rings. The summed E-state index contributed by atoms with van der Waals surface area (Å²) in [5.41, 5.74) is 1.88. The van der Waals surface area contributed by atoms with Gasteiger partial charge in [-0.1, -0.05) is 43.2 Å². The lowest BCUT2D eigenvalue weighted by molar-refractivity contribution is -0.143. The van der Waals surface area contributed by atoms with Crippen molar-refractivity contribution in [3.63, 3.8) is 0 Å². The number of esters is 1. The first-order chi connectivity index (χ1) is 14.6. The van der Waals surface area contributed by atoms with Gasteiger partial charge in [-0.3, -0.25) is 9.69 Å². The summed E-state index contributed by atoms with van der Waals surface area (Å²) >= 11 is 0. The van der Waals surface area contributed by atoms with E-state index in [2.05, 4.69) is 5.32 Å². The van der Waals surface area contributed by atoms with Crippen LogP contribution < -0.4 is 15.0 Å². The van der Waals surface area contributed by atoms with Gasteiger partial charge in [-0.05, 0) is 49.6 Å². The van der Waals surface area contributed by atoms with E-state index in [-0.39, 0.29) is 12.0 Å². The standard InChI is InChI=1S/C24H32N2O4/c1-3-30-23(27)13-9-4-5-10-18-26(21-14-16-22(29-2)17-15-21)24(28)25-19-20-11-7-6-8-12-20/h6-8,11-12,14-17H,3-5,9-10,13,18-19H2,1-2H3,(H,25,28). The van der Waals surface area contributed by atoms with Crippen LogP contribution in [0.15, 0.2) is 54.6 Å². The van der Waals surface area contributed by atoms with E-state index in [0.29, 0.717) is 26.1 Å². The number of unbranched alkanes of at least 4 members (excludes halogenated alkanes) is 3. The zero-order valence-corrected chi connectivity index (χ0v) is 17.9. The second-order valence-electron chi connectivity index (χ2n) is 6.96. The summed E-state index contributed by atoms with van der Waals surface area (Å²) in [5.74, 6) is 0.611. The average Bonchev–Trinajstić information content (AvgIpc) is 2.78. The molecule has 6 nitrogen and oxygen atoms in total. The lowest BCUT2D eigenvalue weighted by atomic mass is 10.1. The Hall–Kier alpha value is -3.02. The Kier molecular flexibility index (Phi) is 10.3. The van der Waals surface area contributed by atoms with Crippen molar-refractivity contribution in [3.05, 3.63) is 60.2 Å². The van der Waals surface area contributed by atoms with Crippen LogP contribution in [-0.4, -0.2) is 32.3 Å². The highest BCUT2D eigenvalue weighted by Gasteiger charge is 2.15. The van der Waals surface area contributed by atoms with Gasteiger partial charge in [-0.15, -0.1) is 0 Å². The van der Waals surface area contributed by atoms with Gasteiger partial charge >= 0.3 is 12.0 Å². The van der Waals surface area contributed by atoms with Crippen LogP contribution in [0.5, 0.6) is 5.75 Å². The van der Waals surface area contributed by atoms with Crippen LogP contribution in [0.25, 0.3) is 0 Å². The third-order valence-electron chi connectivity index (χ3n) is 4.73. The molecule has 0 spiro atoms. The SMILES string of the molecule is CCOC(=O)CCCCCCN(C(=O)NCc1ccccc1)c1ccc(OC)cc1. The van der Waals surface area contributed by atoms with Crippen LogP contribution in [0.3, 0.4) is 0 Å². The minimum Gasteiger partial charge on any atom is -0.497 e. The van der Waals surface area contributed by atoms with Gasteiger partial charge in [-0.25, -0.2) is 4.79 Å². The smallest absolute Gasteiger partial charge is 0.322 e. The van der Waals surface area contributed by atoms with E-state index in [1.54, 1.807) is 12.0 Å². The van der Waals surface area contributed by atoms with Crippen molar-refractivity contribution in [1.82, 2.24) is 5.32 Å². The quantitative estimate of drug-likeness (QED) is 0.397. The average molecular weight is 413 g/mol. The van der Waals surface area contributed by atoms with E-state index < -0.39 is 0 Å². The summed E-state index contributed by atoms with van der Waals surface area (Å²) < 4.78 is 10.2. The van der Waals surface area contributed by atoms with Crippen molar-refractivity contribution in [2.45, 2.75) is 45.6 Å². The molecule has 2 aromatic carbocycles. The molecule has 0 heterocycles. The van der Waals surface area contributed by atoms with Gasteiger partial charge in [0.1, 0.15) is 5.75 Å². The number of nitrogens with zero attached hydrogens (tertiary/aromatic N) is 1. The summed E-state index contributed by atoms with van der Waals surface area (Å²) in [6, 6.07) is 17.2. The predicted octanol–water partition coefficient (Wildman–Crippen LogP) is 4.93. The molecular weight excluding hydrogens is 380 g/mol. The first-order valence-corrected chi connectivity index (χ1v) is 10.5. The first-order valence-electron chi connectivity index (χ1n) is 10.5. The van der Waals surface area contributed by atoms with Gasteiger partial charge in [0, 0.05) is 25.2 Å². The minimum absolute atomic E-state index is 0.129. The maximum Gasteiger partial charge on any atom is 0.322 e. The fourth-order valence-corrected chi connectivity index (χ4v) is 3.10. The number of carbonyl (C=O) groups is 2. The molecule has 0 saturated heterocycles. The summed E-state index contributed by atoms with van der Waals surface area (Å²) in [5, 5.41) is 3.00. The molecule has 162 valence electrons. The Morgan fingerprint density at radius 3 is 2.30 bits per heavy atom. The molecule has 0 unspecified atom stereocenters. The third kappa shape index (κ3) is 8.15. The number of carbonyl (C=O) groups excluding carboxylic acids is 2. The molecule has 6 heteroatoms. The lowest BCUT2D eigenvalue weighted by Gasteiger charge is -2.23. The van der Waals surface area contributed by atoms with Crippen molar-refractivity contribution in [3.8, 4) is 5.75 Å². The van der Waals surface area contributed by atoms with Crippen molar-refractivity contribution in [2.75, 3.05) is 25.2 Å². The molecule has 2 rings (SSSR count). The molecule has 0 aromatic heterocycles. The van der Waals surface area contributed by atoms with E-state index in [0.717, 1.165) is 42.7 Å². The Bertz CT molecular complexity index is 763. The number of benzene rings is 2. The molecule has 0 aliphatic heterocycles. The molecule has 0 atom stereocenters. The van der Waals surface area contributed by atoms with Gasteiger partial charge in [0.25, 0.3) is 0 Å². The largest absolute Gasteiger partial charge is 0.497 e. The molecule has 0 aliphatic rings. The fraction of sp³-hybridized carbons (Fsp3) is 0.417. The zero-order chi connectivity index (χ0) is 21.6. The Balaban J connectivity index is 1.88. The molecular formula is C24H32N2O4. The molecule has 2 amide bonds. The second-order valence-corrected chi connectivity index (χ2v) is 6.96. The van der Waals surface area contributed by atoms with E-state index in [1.807, 2.05) is 61.5 Å². The van der Waals surface area contributed by atoms with Crippen LogP contribution in [0, 0.1) is 0 Å². The number of rotatable bonds is 12.